The van der Waals surface area contributed by atoms with E-state index in [1.165, 1.54) is 0 Å². The molecule has 1 amide bonds. The topological polar surface area (TPSA) is 76.1 Å². The van der Waals surface area contributed by atoms with Gasteiger partial charge in [0.25, 0.3) is 5.91 Å². The average molecular weight is 379 g/mol. The summed E-state index contributed by atoms with van der Waals surface area (Å²) in [5.41, 5.74) is 2.76. The second-order valence-corrected chi connectivity index (χ2v) is 5.97. The Morgan fingerprint density at radius 1 is 1.26 bits per heavy atom. The summed E-state index contributed by atoms with van der Waals surface area (Å²) in [6.45, 7) is 4.87. The number of aromatic nitrogens is 2. The summed E-state index contributed by atoms with van der Waals surface area (Å²) in [6, 6.07) is 7.33. The van der Waals surface area contributed by atoms with Gasteiger partial charge in [-0.15, -0.1) is 0 Å². The largest absolute Gasteiger partial charge is 0.383 e. The van der Waals surface area contributed by atoms with Gasteiger partial charge in [-0.1, -0.05) is 15.9 Å². The number of ether oxygens (including phenoxy) is 1. The molecule has 6 nitrogen and oxygen atoms in total. The van der Waals surface area contributed by atoms with Crippen molar-refractivity contribution in [3.05, 3.63) is 45.7 Å². The molecule has 2 N–H and O–H groups in total. The fourth-order valence-corrected chi connectivity index (χ4v) is 2.46. The molecule has 0 bridgehead atoms. The second kappa shape index (κ2) is 8.03. The fourth-order valence-electron chi connectivity index (χ4n) is 1.98. The third-order valence-corrected chi connectivity index (χ3v) is 3.61. The number of methoxy groups -OCH3 is 1. The Balaban J connectivity index is 2.15. The molecule has 23 heavy (non-hydrogen) atoms. The first kappa shape index (κ1) is 17.4. The smallest absolute Gasteiger partial charge is 0.274 e. The molecule has 0 atom stereocenters. The molecule has 1 aromatic carbocycles. The Morgan fingerprint density at radius 3 is 2.74 bits per heavy atom. The van der Waals surface area contributed by atoms with E-state index in [4.69, 9.17) is 4.74 Å². The molecular formula is C16H19BrN4O2. The van der Waals surface area contributed by atoms with Gasteiger partial charge in [-0.05, 0) is 43.7 Å². The molecule has 0 aliphatic carbocycles. The van der Waals surface area contributed by atoms with E-state index >= 15 is 0 Å². The molecule has 122 valence electrons. The molecule has 7 heteroatoms. The number of carbonyl (C=O) groups is 1. The van der Waals surface area contributed by atoms with Crippen LogP contribution in [0.4, 0.5) is 11.6 Å². The highest BCUT2D eigenvalue weighted by atomic mass is 79.9. The third-order valence-electron chi connectivity index (χ3n) is 3.11. The van der Waals surface area contributed by atoms with Crippen molar-refractivity contribution in [3.63, 3.8) is 0 Å². The number of anilines is 2. The van der Waals surface area contributed by atoms with Crippen LogP contribution < -0.4 is 10.6 Å². The van der Waals surface area contributed by atoms with Crippen LogP contribution in [0.1, 0.15) is 21.7 Å². The normalized spacial score (nSPS) is 10.4. The average Bonchev–Trinajstić information content (AvgIpc) is 2.50. The Labute approximate surface area is 143 Å². The predicted molar refractivity (Wildman–Crippen MR) is 94.0 cm³/mol. The van der Waals surface area contributed by atoms with Crippen LogP contribution in [0.2, 0.25) is 0 Å². The fraction of sp³-hybridized carbons (Fsp3) is 0.312. The van der Waals surface area contributed by atoms with Gasteiger partial charge in [0.15, 0.2) is 0 Å². The van der Waals surface area contributed by atoms with Gasteiger partial charge in [-0.25, -0.2) is 9.97 Å². The van der Waals surface area contributed by atoms with E-state index in [0.717, 1.165) is 21.4 Å². The number of rotatable bonds is 6. The summed E-state index contributed by atoms with van der Waals surface area (Å²) < 4.78 is 5.94. The Kier molecular flexibility index (Phi) is 6.06. The molecule has 0 aliphatic rings. The van der Waals surface area contributed by atoms with Gasteiger partial charge in [0.05, 0.1) is 6.61 Å². The summed E-state index contributed by atoms with van der Waals surface area (Å²) in [5.74, 6) is 0.149. The van der Waals surface area contributed by atoms with E-state index < -0.39 is 0 Å². The van der Waals surface area contributed by atoms with E-state index in [0.29, 0.717) is 24.8 Å². The Bertz CT molecular complexity index is 706. The van der Waals surface area contributed by atoms with Crippen LogP contribution in [0.3, 0.4) is 0 Å². The number of amides is 1. The molecule has 0 radical (unpaired) electrons. The molecule has 2 rings (SSSR count). The van der Waals surface area contributed by atoms with E-state index in [9.17, 15) is 4.79 Å². The molecule has 0 aliphatic heterocycles. The van der Waals surface area contributed by atoms with Gasteiger partial charge in [0, 0.05) is 29.5 Å². The molecule has 1 aromatic heterocycles. The second-order valence-electron chi connectivity index (χ2n) is 5.05. The van der Waals surface area contributed by atoms with Crippen LogP contribution in [-0.4, -0.2) is 36.1 Å². The minimum absolute atomic E-state index is 0.268. The Hall–Kier alpha value is -1.99. The number of carbonyl (C=O) groups excluding carboxylic acids is 1. The maximum absolute atomic E-state index is 12.4. The molecule has 0 saturated heterocycles. The first-order valence-electron chi connectivity index (χ1n) is 7.15. The first-order valence-corrected chi connectivity index (χ1v) is 7.95. The molecule has 0 saturated carbocycles. The number of hydrogen-bond acceptors (Lipinski definition) is 5. The van der Waals surface area contributed by atoms with Crippen molar-refractivity contribution in [1.82, 2.24) is 9.97 Å². The van der Waals surface area contributed by atoms with Crippen LogP contribution in [0.25, 0.3) is 0 Å². The first-order chi connectivity index (χ1) is 11.0. The van der Waals surface area contributed by atoms with Gasteiger partial charge in [0.1, 0.15) is 5.69 Å². The lowest BCUT2D eigenvalue weighted by atomic mass is 10.2. The van der Waals surface area contributed by atoms with Crippen LogP contribution in [0, 0.1) is 13.8 Å². The number of nitrogens with one attached hydrogen (secondary N) is 2. The van der Waals surface area contributed by atoms with Gasteiger partial charge in [0.2, 0.25) is 5.95 Å². The zero-order chi connectivity index (χ0) is 16.8. The number of halogens is 1. The third kappa shape index (κ3) is 5.01. The van der Waals surface area contributed by atoms with Crippen molar-refractivity contribution < 1.29 is 9.53 Å². The van der Waals surface area contributed by atoms with Gasteiger partial charge in [-0.2, -0.15) is 0 Å². The van der Waals surface area contributed by atoms with Crippen LogP contribution in [-0.2, 0) is 4.74 Å². The highest BCUT2D eigenvalue weighted by Gasteiger charge is 2.12. The maximum Gasteiger partial charge on any atom is 0.274 e. The zero-order valence-corrected chi connectivity index (χ0v) is 14.9. The van der Waals surface area contributed by atoms with E-state index in [-0.39, 0.29) is 5.91 Å². The molecule has 0 spiro atoms. The quantitative estimate of drug-likeness (QED) is 0.754. The number of benzene rings is 1. The Morgan fingerprint density at radius 2 is 2.04 bits per heavy atom. The minimum Gasteiger partial charge on any atom is -0.383 e. The van der Waals surface area contributed by atoms with Crippen LogP contribution in [0.5, 0.6) is 0 Å². The summed E-state index contributed by atoms with van der Waals surface area (Å²) >= 11 is 3.40. The SMILES string of the molecule is COCCNc1nc(C)cc(C(=O)Nc2ccc(Br)cc2C)n1. The predicted octanol–water partition coefficient (Wildman–Crippen LogP) is 3.17. The lowest BCUT2D eigenvalue weighted by molar-refractivity contribution is 0.102. The van der Waals surface area contributed by atoms with E-state index in [1.807, 2.05) is 32.0 Å². The summed E-state index contributed by atoms with van der Waals surface area (Å²) in [6.07, 6.45) is 0. The van der Waals surface area contributed by atoms with Gasteiger partial charge < -0.3 is 15.4 Å². The van der Waals surface area contributed by atoms with Crippen molar-refractivity contribution in [2.75, 3.05) is 30.9 Å². The monoisotopic (exact) mass is 378 g/mol. The van der Waals surface area contributed by atoms with Gasteiger partial charge in [-0.3, -0.25) is 4.79 Å². The minimum atomic E-state index is -0.268. The van der Waals surface area contributed by atoms with Crippen LogP contribution >= 0.6 is 15.9 Å². The maximum atomic E-state index is 12.4. The number of aryl methyl sites for hydroxylation is 2. The highest BCUT2D eigenvalue weighted by molar-refractivity contribution is 9.10. The molecular weight excluding hydrogens is 360 g/mol. The zero-order valence-electron chi connectivity index (χ0n) is 13.3. The molecule has 2 aromatic rings. The lowest BCUT2D eigenvalue weighted by Gasteiger charge is -2.10. The summed E-state index contributed by atoms with van der Waals surface area (Å²) in [7, 11) is 1.62. The summed E-state index contributed by atoms with van der Waals surface area (Å²) in [4.78, 5) is 20.9. The lowest BCUT2D eigenvalue weighted by Crippen LogP contribution is -2.17. The van der Waals surface area contributed by atoms with Gasteiger partial charge >= 0.3 is 0 Å². The molecule has 0 unspecified atom stereocenters. The van der Waals surface area contributed by atoms with Crippen LogP contribution in [0.15, 0.2) is 28.7 Å². The molecule has 1 heterocycles. The van der Waals surface area contributed by atoms with Crippen molar-refractivity contribution in [2.24, 2.45) is 0 Å². The summed E-state index contributed by atoms with van der Waals surface area (Å²) in [5, 5.41) is 5.90. The van der Waals surface area contributed by atoms with Crippen molar-refractivity contribution in [2.45, 2.75) is 13.8 Å². The van der Waals surface area contributed by atoms with E-state index in [1.54, 1.807) is 13.2 Å². The van der Waals surface area contributed by atoms with Crippen molar-refractivity contribution >= 4 is 33.5 Å². The number of hydrogen-bond donors (Lipinski definition) is 2. The number of nitrogens with zero attached hydrogens (tertiary/aromatic N) is 2. The van der Waals surface area contributed by atoms with E-state index in [2.05, 4.69) is 36.5 Å². The standard InChI is InChI=1S/C16H19BrN4O2/c1-10-8-12(17)4-5-13(10)20-15(22)14-9-11(2)19-16(21-14)18-6-7-23-3/h4-5,8-9H,6-7H2,1-3H3,(H,20,22)(H,18,19,21). The highest BCUT2D eigenvalue weighted by Crippen LogP contribution is 2.20. The van der Waals surface area contributed by atoms with Crippen molar-refractivity contribution in [1.29, 1.82) is 0 Å². The molecule has 0 fully saturated rings. The van der Waals surface area contributed by atoms with Crippen molar-refractivity contribution in [3.8, 4) is 0 Å².